The zero-order valence-corrected chi connectivity index (χ0v) is 22.6. The lowest BCUT2D eigenvalue weighted by Gasteiger charge is -2.32. The van der Waals surface area contributed by atoms with E-state index in [2.05, 4.69) is 29.5 Å². The van der Waals surface area contributed by atoms with Gasteiger partial charge in [0, 0.05) is 17.8 Å². The molecule has 4 aromatic rings. The van der Waals surface area contributed by atoms with Crippen LogP contribution >= 0.6 is 0 Å². The van der Waals surface area contributed by atoms with Crippen LogP contribution in [0.2, 0.25) is 0 Å². The van der Waals surface area contributed by atoms with E-state index in [1.165, 1.54) is 16.5 Å². The van der Waals surface area contributed by atoms with Crippen LogP contribution < -0.4 is 15.0 Å². The maximum absolute atomic E-state index is 14.1. The van der Waals surface area contributed by atoms with Crippen LogP contribution in [0.15, 0.2) is 72.8 Å². The van der Waals surface area contributed by atoms with Gasteiger partial charge in [0.2, 0.25) is 11.8 Å². The monoisotopic (exact) mass is 527 g/mol. The number of hydrogen-bond acceptors (Lipinski definition) is 6. The van der Waals surface area contributed by atoms with Crippen LogP contribution in [0.1, 0.15) is 49.2 Å². The number of ketones is 1. The maximum Gasteiger partial charge on any atom is 0.249 e. The number of aromatic nitrogens is 3. The number of nitrogens with one attached hydrogen (secondary N) is 1. The lowest BCUT2D eigenvalue weighted by molar-refractivity contribution is -0.127. The average Bonchev–Trinajstić information content (AvgIpc) is 3.34. The number of anilines is 1. The maximum atomic E-state index is 14.1. The van der Waals surface area contributed by atoms with E-state index >= 15 is 0 Å². The summed E-state index contributed by atoms with van der Waals surface area (Å²) in [5.74, 6) is 0.277. The minimum Gasteiger partial charge on any atom is -0.497 e. The first-order valence-corrected chi connectivity index (χ1v) is 12.9. The molecule has 1 heterocycles. The van der Waals surface area contributed by atoms with Crippen molar-refractivity contribution in [2.75, 3.05) is 18.6 Å². The van der Waals surface area contributed by atoms with Crippen molar-refractivity contribution < 1.29 is 19.1 Å². The zero-order chi connectivity index (χ0) is 27.9. The van der Waals surface area contributed by atoms with Gasteiger partial charge in [0.1, 0.15) is 23.9 Å². The first-order chi connectivity index (χ1) is 18.8. The average molecular weight is 528 g/mol. The number of rotatable bonds is 11. The Morgan fingerprint density at radius 1 is 0.974 bits per heavy atom. The molecule has 1 aromatic heterocycles. The molecule has 202 valence electrons. The minimum absolute atomic E-state index is 0.0911. The van der Waals surface area contributed by atoms with Gasteiger partial charge in [-0.25, -0.2) is 4.68 Å². The second kappa shape index (κ2) is 12.3. The van der Waals surface area contributed by atoms with Crippen molar-refractivity contribution >= 4 is 34.3 Å². The summed E-state index contributed by atoms with van der Waals surface area (Å²) in [4.78, 5) is 41.2. The second-order valence-electron chi connectivity index (χ2n) is 9.75. The molecule has 0 radical (unpaired) electrons. The van der Waals surface area contributed by atoms with E-state index < -0.39 is 6.04 Å². The van der Waals surface area contributed by atoms with Crippen LogP contribution in [-0.4, -0.2) is 46.2 Å². The number of ether oxygens (including phenoxy) is 1. The summed E-state index contributed by atoms with van der Waals surface area (Å²) in [7, 11) is 1.57. The van der Waals surface area contributed by atoms with Crippen molar-refractivity contribution in [3.8, 4) is 5.75 Å². The van der Waals surface area contributed by atoms with E-state index in [1.807, 2.05) is 24.3 Å². The molecule has 0 saturated heterocycles. The molecule has 1 unspecified atom stereocenters. The smallest absolute Gasteiger partial charge is 0.249 e. The summed E-state index contributed by atoms with van der Waals surface area (Å²) in [5, 5.41) is 11.3. The third-order valence-electron chi connectivity index (χ3n) is 6.48. The number of fused-ring (bicyclic) bond motifs is 1. The van der Waals surface area contributed by atoms with Crippen LogP contribution in [0, 0.1) is 5.92 Å². The van der Waals surface area contributed by atoms with E-state index in [-0.39, 0.29) is 24.1 Å². The van der Waals surface area contributed by atoms with Crippen LogP contribution in [0.3, 0.4) is 0 Å². The summed E-state index contributed by atoms with van der Waals surface area (Å²) < 4.78 is 6.83. The Morgan fingerprint density at radius 3 is 2.31 bits per heavy atom. The molecule has 4 rings (SSSR count). The minimum atomic E-state index is -0.978. The van der Waals surface area contributed by atoms with E-state index in [1.54, 1.807) is 55.6 Å². The molecule has 0 fully saturated rings. The molecule has 0 aliphatic heterocycles. The number of nitrogens with zero attached hydrogens (tertiary/aromatic N) is 4. The summed E-state index contributed by atoms with van der Waals surface area (Å²) in [6.45, 7) is 5.99. The van der Waals surface area contributed by atoms with E-state index in [9.17, 15) is 14.4 Å². The number of benzene rings is 3. The highest BCUT2D eigenvalue weighted by atomic mass is 16.5. The first-order valence-electron chi connectivity index (χ1n) is 12.9. The molecule has 1 N–H and O–H groups in total. The molecule has 2 amide bonds. The van der Waals surface area contributed by atoms with Gasteiger partial charge >= 0.3 is 0 Å². The molecule has 39 heavy (non-hydrogen) atoms. The lowest BCUT2D eigenvalue weighted by Crippen LogP contribution is -2.45. The highest BCUT2D eigenvalue weighted by Crippen LogP contribution is 2.30. The number of hydrogen-bond donors (Lipinski definition) is 1. The molecule has 0 bridgehead atoms. The molecule has 0 saturated carbocycles. The van der Waals surface area contributed by atoms with Crippen molar-refractivity contribution in [1.29, 1.82) is 0 Å². The van der Waals surface area contributed by atoms with E-state index in [4.69, 9.17) is 4.74 Å². The largest absolute Gasteiger partial charge is 0.497 e. The highest BCUT2D eigenvalue weighted by Gasteiger charge is 2.33. The Labute approximate surface area is 227 Å². The van der Waals surface area contributed by atoms with Crippen molar-refractivity contribution in [2.45, 2.75) is 39.8 Å². The van der Waals surface area contributed by atoms with Gasteiger partial charge in [-0.1, -0.05) is 43.3 Å². The number of carbonyl (C=O) groups excluding carboxylic acids is 3. The van der Waals surface area contributed by atoms with Gasteiger partial charge in [0.05, 0.1) is 12.6 Å². The number of Topliss-reactive ketones (excluding diaryl/α,β-unsaturated/α-hetero) is 1. The van der Waals surface area contributed by atoms with Gasteiger partial charge < -0.3 is 10.1 Å². The molecular weight excluding hydrogens is 494 g/mol. The lowest BCUT2D eigenvalue weighted by atomic mass is 10.0. The van der Waals surface area contributed by atoms with E-state index in [0.29, 0.717) is 46.1 Å². The van der Waals surface area contributed by atoms with E-state index in [0.717, 1.165) is 6.42 Å². The standard InChI is InChI=1S/C30H33N5O4/c1-20(2)17-18-31-30(38)29(23-11-15-25(39-4)16-12-23)35(24-13-9-22(10-14-24)21(3)36)28(37)19-34-27-8-6-5-7-26(27)32-33-34/h5-16,20,29H,17-19H2,1-4H3,(H,31,38). The second-order valence-corrected chi connectivity index (χ2v) is 9.75. The Morgan fingerprint density at radius 2 is 1.67 bits per heavy atom. The van der Waals surface area contributed by atoms with Crippen LogP contribution in [0.25, 0.3) is 11.0 Å². The first kappa shape index (κ1) is 27.5. The number of amides is 2. The van der Waals surface area contributed by atoms with Crippen molar-refractivity contribution in [2.24, 2.45) is 5.92 Å². The molecular formula is C30H33N5O4. The predicted molar refractivity (Wildman–Crippen MR) is 150 cm³/mol. The van der Waals surface area contributed by atoms with Crippen molar-refractivity contribution in [1.82, 2.24) is 20.3 Å². The molecule has 3 aromatic carbocycles. The normalized spacial score (nSPS) is 11.8. The topological polar surface area (TPSA) is 106 Å². The van der Waals surface area contributed by atoms with Crippen LogP contribution in [-0.2, 0) is 16.1 Å². The van der Waals surface area contributed by atoms with Crippen LogP contribution in [0.5, 0.6) is 5.75 Å². The van der Waals surface area contributed by atoms with Gasteiger partial charge in [-0.3, -0.25) is 19.3 Å². The van der Waals surface area contributed by atoms with Gasteiger partial charge in [-0.2, -0.15) is 0 Å². The Balaban J connectivity index is 1.78. The quantitative estimate of drug-likeness (QED) is 0.286. The summed E-state index contributed by atoms with van der Waals surface area (Å²) >= 11 is 0. The fourth-order valence-corrected chi connectivity index (χ4v) is 4.32. The summed E-state index contributed by atoms with van der Waals surface area (Å²) in [6, 6.07) is 20.2. The number of para-hydroxylation sites is 1. The fraction of sp³-hybridized carbons (Fsp3) is 0.300. The highest BCUT2D eigenvalue weighted by molar-refractivity contribution is 6.02. The molecule has 0 spiro atoms. The number of methoxy groups -OCH3 is 1. The molecule has 9 nitrogen and oxygen atoms in total. The predicted octanol–water partition coefficient (Wildman–Crippen LogP) is 4.58. The Kier molecular flexibility index (Phi) is 8.70. The third kappa shape index (κ3) is 6.49. The van der Waals surface area contributed by atoms with Gasteiger partial charge in [0.25, 0.3) is 0 Å². The molecule has 9 heteroatoms. The fourth-order valence-electron chi connectivity index (χ4n) is 4.32. The zero-order valence-electron chi connectivity index (χ0n) is 22.6. The SMILES string of the molecule is COc1ccc(C(C(=O)NCCC(C)C)N(C(=O)Cn2nnc3ccccc32)c2ccc(C(C)=O)cc2)cc1. The molecule has 1 atom stereocenters. The van der Waals surface area contributed by atoms with Gasteiger partial charge in [0.15, 0.2) is 5.78 Å². The molecule has 0 aliphatic carbocycles. The van der Waals surface area contributed by atoms with Crippen molar-refractivity contribution in [3.05, 3.63) is 83.9 Å². The summed E-state index contributed by atoms with van der Waals surface area (Å²) in [6.07, 6.45) is 0.799. The summed E-state index contributed by atoms with van der Waals surface area (Å²) in [5.41, 5.74) is 2.98. The van der Waals surface area contributed by atoms with Crippen LogP contribution in [0.4, 0.5) is 5.69 Å². The van der Waals surface area contributed by atoms with Gasteiger partial charge in [-0.15, -0.1) is 5.10 Å². The van der Waals surface area contributed by atoms with Crippen molar-refractivity contribution in [3.63, 3.8) is 0 Å². The third-order valence-corrected chi connectivity index (χ3v) is 6.48. The molecule has 0 aliphatic rings. The Hall–Kier alpha value is -4.53. The number of carbonyl (C=O) groups is 3. The Bertz CT molecular complexity index is 1440. The van der Waals surface area contributed by atoms with Gasteiger partial charge in [-0.05, 0) is 73.4 Å².